The molecule has 2 atom stereocenters. The number of nitrogens with zero attached hydrogens (tertiary/aromatic N) is 3. The Kier molecular flexibility index (Phi) is 5.42. The minimum absolute atomic E-state index is 0.0611. The highest BCUT2D eigenvalue weighted by molar-refractivity contribution is 5.83. The van der Waals surface area contributed by atoms with Gasteiger partial charge in [-0.05, 0) is 38.1 Å². The van der Waals surface area contributed by atoms with Crippen molar-refractivity contribution in [2.24, 2.45) is 5.92 Å². The van der Waals surface area contributed by atoms with Crippen LogP contribution in [-0.4, -0.2) is 66.8 Å². The van der Waals surface area contributed by atoms with Crippen LogP contribution in [0.15, 0.2) is 24.3 Å². The van der Waals surface area contributed by atoms with Gasteiger partial charge in [0.05, 0.1) is 5.92 Å². The summed E-state index contributed by atoms with van der Waals surface area (Å²) in [4.78, 5) is 30.8. The molecule has 1 aromatic rings. The normalized spacial score (nSPS) is 23.5. The highest BCUT2D eigenvalue weighted by Crippen LogP contribution is 2.35. The Hall–Kier alpha value is -1.88. The number of likely N-dealkylation sites (tertiary alicyclic amines) is 2. The van der Waals surface area contributed by atoms with E-state index in [2.05, 4.69) is 43.3 Å². The van der Waals surface area contributed by atoms with Crippen molar-refractivity contribution in [1.82, 2.24) is 14.7 Å². The molecular weight excluding hydrogens is 314 g/mol. The maximum absolute atomic E-state index is 13.0. The molecule has 0 aromatic heterocycles. The lowest BCUT2D eigenvalue weighted by Gasteiger charge is -2.24. The second kappa shape index (κ2) is 7.56. The third-order valence-electron chi connectivity index (χ3n) is 5.41. The van der Waals surface area contributed by atoms with E-state index in [1.54, 1.807) is 6.92 Å². The van der Waals surface area contributed by atoms with Crippen molar-refractivity contribution in [2.45, 2.75) is 32.2 Å². The molecule has 0 radical (unpaired) electrons. The summed E-state index contributed by atoms with van der Waals surface area (Å²) in [6.45, 7) is 5.43. The van der Waals surface area contributed by atoms with Crippen LogP contribution in [0.4, 0.5) is 0 Å². The fraction of sp³-hybridized carbons (Fsp3) is 0.600. The zero-order valence-electron chi connectivity index (χ0n) is 15.6. The molecule has 0 aliphatic carbocycles. The first kappa shape index (κ1) is 17.9. The Morgan fingerprint density at radius 1 is 1.04 bits per heavy atom. The first-order chi connectivity index (χ1) is 12.0. The molecule has 2 amide bonds. The molecule has 0 N–H and O–H groups in total. The van der Waals surface area contributed by atoms with Crippen LogP contribution < -0.4 is 0 Å². The molecule has 2 fully saturated rings. The Morgan fingerprint density at radius 3 is 2.24 bits per heavy atom. The maximum atomic E-state index is 13.0. The van der Waals surface area contributed by atoms with E-state index in [1.807, 2.05) is 9.80 Å². The average Bonchev–Trinajstić information content (AvgIpc) is 3.24. The lowest BCUT2D eigenvalue weighted by Crippen LogP contribution is -2.37. The van der Waals surface area contributed by atoms with Crippen molar-refractivity contribution in [3.05, 3.63) is 35.4 Å². The zero-order valence-corrected chi connectivity index (χ0v) is 15.6. The van der Waals surface area contributed by atoms with Gasteiger partial charge >= 0.3 is 0 Å². The Morgan fingerprint density at radius 2 is 1.68 bits per heavy atom. The van der Waals surface area contributed by atoms with Crippen molar-refractivity contribution in [3.8, 4) is 0 Å². The predicted molar refractivity (Wildman–Crippen MR) is 98.1 cm³/mol. The van der Waals surface area contributed by atoms with Gasteiger partial charge in [0.2, 0.25) is 11.8 Å². The SMILES string of the molecule is CC(=O)N1C[C@H](C(=O)N2CCCC2)[C@@H](c2ccc(CN(C)C)cc2)C1. The molecule has 5 nitrogen and oxygen atoms in total. The van der Waals surface area contributed by atoms with E-state index in [-0.39, 0.29) is 23.7 Å². The second-order valence-corrected chi connectivity index (χ2v) is 7.65. The molecule has 2 saturated heterocycles. The van der Waals surface area contributed by atoms with Gasteiger partial charge in [-0.15, -0.1) is 0 Å². The summed E-state index contributed by atoms with van der Waals surface area (Å²) < 4.78 is 0. The van der Waals surface area contributed by atoms with Gasteiger partial charge in [-0.1, -0.05) is 24.3 Å². The predicted octanol–water partition coefficient (Wildman–Crippen LogP) is 1.93. The molecule has 0 spiro atoms. The van der Waals surface area contributed by atoms with E-state index in [0.29, 0.717) is 13.1 Å². The molecule has 0 bridgehead atoms. The number of hydrogen-bond acceptors (Lipinski definition) is 3. The third kappa shape index (κ3) is 4.03. The summed E-state index contributed by atoms with van der Waals surface area (Å²) in [7, 11) is 4.11. The van der Waals surface area contributed by atoms with Crippen molar-refractivity contribution < 1.29 is 9.59 Å². The number of amides is 2. The summed E-state index contributed by atoms with van der Waals surface area (Å²) in [5.74, 6) is 0.279. The van der Waals surface area contributed by atoms with Gasteiger partial charge in [0.25, 0.3) is 0 Å². The van der Waals surface area contributed by atoms with E-state index < -0.39 is 0 Å². The zero-order chi connectivity index (χ0) is 18.0. The number of hydrogen-bond donors (Lipinski definition) is 0. The maximum Gasteiger partial charge on any atom is 0.228 e. The molecular formula is C20H29N3O2. The number of carbonyl (C=O) groups is 2. The second-order valence-electron chi connectivity index (χ2n) is 7.65. The fourth-order valence-electron chi connectivity index (χ4n) is 4.06. The van der Waals surface area contributed by atoms with Crippen LogP contribution in [0.3, 0.4) is 0 Å². The van der Waals surface area contributed by atoms with Gasteiger partial charge in [0, 0.05) is 45.6 Å². The molecule has 5 heteroatoms. The number of carbonyl (C=O) groups excluding carboxylic acids is 2. The summed E-state index contributed by atoms with van der Waals surface area (Å²) in [5.41, 5.74) is 2.43. The average molecular weight is 343 g/mol. The monoisotopic (exact) mass is 343 g/mol. The van der Waals surface area contributed by atoms with Gasteiger partial charge in [-0.2, -0.15) is 0 Å². The van der Waals surface area contributed by atoms with Gasteiger partial charge in [-0.25, -0.2) is 0 Å². The van der Waals surface area contributed by atoms with Crippen molar-refractivity contribution in [3.63, 3.8) is 0 Å². The minimum atomic E-state index is -0.110. The lowest BCUT2D eigenvalue weighted by atomic mass is 9.87. The first-order valence-electron chi connectivity index (χ1n) is 9.23. The topological polar surface area (TPSA) is 43.9 Å². The molecule has 1 aromatic carbocycles. The van der Waals surface area contributed by atoms with Crippen LogP contribution in [0.25, 0.3) is 0 Å². The first-order valence-corrected chi connectivity index (χ1v) is 9.23. The summed E-state index contributed by atoms with van der Waals surface area (Å²) in [6, 6.07) is 8.56. The molecule has 0 unspecified atom stereocenters. The molecule has 2 aliphatic rings. The van der Waals surface area contributed by atoms with Crippen LogP contribution in [0.5, 0.6) is 0 Å². The number of benzene rings is 1. The van der Waals surface area contributed by atoms with Crippen molar-refractivity contribution >= 4 is 11.8 Å². The largest absolute Gasteiger partial charge is 0.342 e. The quantitative estimate of drug-likeness (QED) is 0.839. The Bertz CT molecular complexity index is 620. The standard InChI is InChI=1S/C20H29N3O2/c1-15(24)23-13-18(17-8-6-16(7-9-17)12-21(2)3)19(14-23)20(25)22-10-4-5-11-22/h6-9,18-19H,4-5,10-14H2,1-3H3/t18-,19+/m1/s1. The summed E-state index contributed by atoms with van der Waals surface area (Å²) >= 11 is 0. The van der Waals surface area contributed by atoms with Crippen LogP contribution in [-0.2, 0) is 16.1 Å². The van der Waals surface area contributed by atoms with Crippen molar-refractivity contribution in [2.75, 3.05) is 40.3 Å². The molecule has 0 saturated carbocycles. The summed E-state index contributed by atoms with van der Waals surface area (Å²) in [6.07, 6.45) is 2.19. The van der Waals surface area contributed by atoms with Crippen LogP contribution in [0, 0.1) is 5.92 Å². The van der Waals surface area contributed by atoms with Crippen LogP contribution >= 0.6 is 0 Å². The highest BCUT2D eigenvalue weighted by Gasteiger charge is 2.41. The van der Waals surface area contributed by atoms with Gasteiger partial charge < -0.3 is 14.7 Å². The van der Waals surface area contributed by atoms with E-state index in [1.165, 1.54) is 11.1 Å². The lowest BCUT2D eigenvalue weighted by molar-refractivity contribution is -0.134. The van der Waals surface area contributed by atoms with Crippen LogP contribution in [0.2, 0.25) is 0 Å². The Labute approximate surface area is 150 Å². The highest BCUT2D eigenvalue weighted by atomic mass is 16.2. The smallest absolute Gasteiger partial charge is 0.228 e. The third-order valence-corrected chi connectivity index (χ3v) is 5.41. The van der Waals surface area contributed by atoms with Gasteiger partial charge in [-0.3, -0.25) is 9.59 Å². The van der Waals surface area contributed by atoms with Gasteiger partial charge in [0.1, 0.15) is 0 Å². The summed E-state index contributed by atoms with van der Waals surface area (Å²) in [5, 5.41) is 0. The van der Waals surface area contributed by atoms with E-state index in [4.69, 9.17) is 0 Å². The number of rotatable bonds is 4. The molecule has 136 valence electrons. The minimum Gasteiger partial charge on any atom is -0.342 e. The molecule has 3 rings (SSSR count). The fourth-order valence-corrected chi connectivity index (χ4v) is 4.06. The van der Waals surface area contributed by atoms with Gasteiger partial charge in [0.15, 0.2) is 0 Å². The van der Waals surface area contributed by atoms with Crippen LogP contribution in [0.1, 0.15) is 36.8 Å². The van der Waals surface area contributed by atoms with E-state index in [9.17, 15) is 9.59 Å². The Balaban J connectivity index is 1.80. The van der Waals surface area contributed by atoms with E-state index in [0.717, 1.165) is 32.5 Å². The molecule has 25 heavy (non-hydrogen) atoms. The molecule has 2 aliphatic heterocycles. The van der Waals surface area contributed by atoms with E-state index >= 15 is 0 Å². The van der Waals surface area contributed by atoms with Crippen molar-refractivity contribution in [1.29, 1.82) is 0 Å². The molecule has 2 heterocycles.